The molecule has 2 fully saturated rings. The zero-order valence-corrected chi connectivity index (χ0v) is 20.9. The molecule has 12 heteroatoms. The minimum atomic E-state index is -1.04. The number of ether oxygens (including phenoxy) is 2. The number of carbonyl (C=O) groups is 3. The predicted octanol–water partition coefficient (Wildman–Crippen LogP) is 2.01. The average molecular weight is 506 g/mol. The Morgan fingerprint density at radius 1 is 1.23 bits per heavy atom. The van der Waals surface area contributed by atoms with Gasteiger partial charge in [0.05, 0.1) is 12.6 Å². The van der Waals surface area contributed by atoms with Gasteiger partial charge in [-0.1, -0.05) is 23.9 Å². The molecular weight excluding hydrogens is 474 g/mol. The van der Waals surface area contributed by atoms with Gasteiger partial charge in [-0.3, -0.25) is 14.5 Å². The molecule has 2 aliphatic heterocycles. The van der Waals surface area contributed by atoms with E-state index in [2.05, 4.69) is 20.4 Å². The summed E-state index contributed by atoms with van der Waals surface area (Å²) < 4.78 is 11.4. The Morgan fingerprint density at radius 3 is 2.63 bits per heavy atom. The number of para-hydroxylation sites is 1. The number of thioether (sulfide) groups is 1. The van der Waals surface area contributed by atoms with E-state index in [4.69, 9.17) is 14.6 Å². The summed E-state index contributed by atoms with van der Waals surface area (Å²) in [4.78, 5) is 38.8. The SMILES string of the molecule is CC(C)(C)OC(=O)N1CCN(CCOc2ccccc2C=NN=C2NC(=O)C(CC(=O)O)S2)CC1. The molecule has 3 rings (SSSR count). The molecule has 0 aliphatic carbocycles. The standard InChI is InChI=1S/C23H31N5O6S/c1-23(2,3)34-22(32)28-10-8-27(9-11-28)12-13-33-17-7-5-4-6-16(17)15-24-26-21-25-20(31)18(35-21)14-19(29)30/h4-7,15,18H,8-14H2,1-3H3,(H,29,30)(H,25,26,31). The number of carboxylic acid groups (broad SMARTS) is 1. The van der Waals surface area contributed by atoms with Crippen molar-refractivity contribution in [2.24, 2.45) is 10.2 Å². The fourth-order valence-electron chi connectivity index (χ4n) is 3.37. The van der Waals surface area contributed by atoms with E-state index in [9.17, 15) is 14.4 Å². The Kier molecular flexibility index (Phi) is 9.10. The Labute approximate surface area is 208 Å². The molecule has 1 atom stereocenters. The van der Waals surface area contributed by atoms with Gasteiger partial charge in [-0.15, -0.1) is 5.10 Å². The van der Waals surface area contributed by atoms with Crippen LogP contribution < -0.4 is 10.1 Å². The molecule has 1 aromatic rings. The Morgan fingerprint density at radius 2 is 1.94 bits per heavy atom. The third-order valence-corrected chi connectivity index (χ3v) is 6.16. The molecule has 2 aliphatic rings. The highest BCUT2D eigenvalue weighted by atomic mass is 32.2. The second-order valence-corrected chi connectivity index (χ2v) is 10.2. The van der Waals surface area contributed by atoms with Gasteiger partial charge in [0.25, 0.3) is 0 Å². The van der Waals surface area contributed by atoms with Gasteiger partial charge in [0.15, 0.2) is 5.17 Å². The molecule has 11 nitrogen and oxygen atoms in total. The first kappa shape index (κ1) is 26.5. The molecule has 0 radical (unpaired) electrons. The number of benzene rings is 1. The van der Waals surface area contributed by atoms with Crippen LogP contribution in [-0.4, -0.2) is 94.4 Å². The minimum Gasteiger partial charge on any atom is -0.492 e. The van der Waals surface area contributed by atoms with Gasteiger partial charge in [0.1, 0.15) is 23.2 Å². The largest absolute Gasteiger partial charge is 0.492 e. The van der Waals surface area contributed by atoms with Crippen LogP contribution in [0.5, 0.6) is 5.75 Å². The molecule has 0 bridgehead atoms. The lowest BCUT2D eigenvalue weighted by molar-refractivity contribution is -0.138. The van der Waals surface area contributed by atoms with Crippen molar-refractivity contribution in [3.63, 3.8) is 0 Å². The second kappa shape index (κ2) is 12.0. The van der Waals surface area contributed by atoms with E-state index in [1.165, 1.54) is 6.21 Å². The third-order valence-electron chi connectivity index (χ3n) is 5.09. The molecule has 35 heavy (non-hydrogen) atoms. The zero-order valence-electron chi connectivity index (χ0n) is 20.1. The first-order chi connectivity index (χ1) is 16.6. The van der Waals surface area contributed by atoms with E-state index < -0.39 is 16.8 Å². The predicted molar refractivity (Wildman–Crippen MR) is 133 cm³/mol. The number of hydrogen-bond donors (Lipinski definition) is 2. The van der Waals surface area contributed by atoms with E-state index in [1.54, 1.807) is 4.90 Å². The van der Waals surface area contributed by atoms with E-state index in [-0.39, 0.29) is 23.6 Å². The summed E-state index contributed by atoms with van der Waals surface area (Å²) in [7, 11) is 0. The van der Waals surface area contributed by atoms with Crippen LogP contribution >= 0.6 is 11.8 Å². The molecule has 0 aromatic heterocycles. The van der Waals surface area contributed by atoms with Crippen molar-refractivity contribution in [2.45, 2.75) is 38.0 Å². The fourth-order valence-corrected chi connectivity index (χ4v) is 4.29. The smallest absolute Gasteiger partial charge is 0.410 e. The number of piperazine rings is 1. The van der Waals surface area contributed by atoms with E-state index in [1.807, 2.05) is 45.0 Å². The summed E-state index contributed by atoms with van der Waals surface area (Å²) in [6, 6.07) is 7.39. The number of aliphatic carboxylic acids is 1. The van der Waals surface area contributed by atoms with Crippen LogP contribution in [0.15, 0.2) is 34.5 Å². The van der Waals surface area contributed by atoms with Crippen molar-refractivity contribution >= 4 is 41.1 Å². The number of rotatable bonds is 8. The normalized spacial score (nSPS) is 20.3. The van der Waals surface area contributed by atoms with Crippen molar-refractivity contribution in [3.05, 3.63) is 29.8 Å². The third kappa shape index (κ3) is 8.55. The molecule has 0 spiro atoms. The molecule has 2 amide bonds. The van der Waals surface area contributed by atoms with Gasteiger partial charge in [0.2, 0.25) is 5.91 Å². The summed E-state index contributed by atoms with van der Waals surface area (Å²) >= 11 is 1.05. The number of hydrogen-bond acceptors (Lipinski definition) is 9. The monoisotopic (exact) mass is 505 g/mol. The number of amides is 2. The lowest BCUT2D eigenvalue weighted by Gasteiger charge is -2.35. The van der Waals surface area contributed by atoms with Gasteiger partial charge >= 0.3 is 12.1 Å². The highest BCUT2D eigenvalue weighted by Gasteiger charge is 2.32. The highest BCUT2D eigenvalue weighted by Crippen LogP contribution is 2.22. The van der Waals surface area contributed by atoms with Crippen molar-refractivity contribution in [2.75, 3.05) is 39.3 Å². The highest BCUT2D eigenvalue weighted by molar-refractivity contribution is 8.15. The molecule has 2 saturated heterocycles. The van der Waals surface area contributed by atoms with Crippen LogP contribution in [0.4, 0.5) is 4.79 Å². The second-order valence-electron chi connectivity index (χ2n) is 9.04. The number of amidine groups is 1. The van der Waals surface area contributed by atoms with Crippen LogP contribution in [0.1, 0.15) is 32.8 Å². The van der Waals surface area contributed by atoms with Crippen LogP contribution in [0, 0.1) is 0 Å². The quantitative estimate of drug-likeness (QED) is 0.405. The van der Waals surface area contributed by atoms with Gasteiger partial charge in [-0.2, -0.15) is 5.10 Å². The van der Waals surface area contributed by atoms with Crippen molar-refractivity contribution in [1.82, 2.24) is 15.1 Å². The van der Waals surface area contributed by atoms with E-state index >= 15 is 0 Å². The van der Waals surface area contributed by atoms with E-state index in [0.717, 1.165) is 30.4 Å². The average Bonchev–Trinajstić information content (AvgIpc) is 3.12. The summed E-state index contributed by atoms with van der Waals surface area (Å²) in [5.41, 5.74) is 0.222. The number of carboxylic acids is 1. The molecule has 190 valence electrons. The first-order valence-corrected chi connectivity index (χ1v) is 12.2. The number of nitrogens with zero attached hydrogens (tertiary/aromatic N) is 4. The molecule has 2 N–H and O–H groups in total. The maximum absolute atomic E-state index is 12.2. The number of nitrogens with one attached hydrogen (secondary N) is 1. The molecular formula is C23H31N5O6S. The summed E-state index contributed by atoms with van der Waals surface area (Å²) in [6.07, 6.45) is 0.976. The van der Waals surface area contributed by atoms with Crippen LogP contribution in [0.3, 0.4) is 0 Å². The first-order valence-electron chi connectivity index (χ1n) is 11.3. The topological polar surface area (TPSA) is 133 Å². The van der Waals surface area contributed by atoms with Crippen molar-refractivity contribution in [1.29, 1.82) is 0 Å². The summed E-state index contributed by atoms with van der Waals surface area (Å²) in [5.74, 6) is -0.781. The van der Waals surface area contributed by atoms with Gasteiger partial charge < -0.3 is 24.8 Å². The lowest BCUT2D eigenvalue weighted by atomic mass is 10.2. The summed E-state index contributed by atoms with van der Waals surface area (Å²) in [6.45, 7) is 9.47. The Balaban J connectivity index is 1.45. The Hall–Kier alpha value is -3.12. The molecule has 2 heterocycles. The van der Waals surface area contributed by atoms with Crippen molar-refractivity contribution in [3.8, 4) is 5.75 Å². The van der Waals surface area contributed by atoms with Crippen molar-refractivity contribution < 1.29 is 29.0 Å². The van der Waals surface area contributed by atoms with Crippen LogP contribution in [-0.2, 0) is 14.3 Å². The van der Waals surface area contributed by atoms with E-state index in [0.29, 0.717) is 32.0 Å². The Bertz CT molecular complexity index is 985. The van der Waals surface area contributed by atoms with Gasteiger partial charge in [-0.05, 0) is 32.9 Å². The molecule has 1 unspecified atom stereocenters. The van der Waals surface area contributed by atoms with Crippen LogP contribution in [0.25, 0.3) is 0 Å². The maximum atomic E-state index is 12.2. The lowest BCUT2D eigenvalue weighted by Crippen LogP contribution is -2.50. The molecule has 1 aromatic carbocycles. The van der Waals surface area contributed by atoms with Gasteiger partial charge in [-0.25, -0.2) is 4.79 Å². The zero-order chi connectivity index (χ0) is 25.4. The maximum Gasteiger partial charge on any atom is 0.410 e. The van der Waals surface area contributed by atoms with Gasteiger partial charge in [0, 0.05) is 38.3 Å². The number of carbonyl (C=O) groups excluding carboxylic acids is 2. The minimum absolute atomic E-state index is 0.265. The molecule has 0 saturated carbocycles. The summed E-state index contributed by atoms with van der Waals surface area (Å²) in [5, 5.41) is 18.9. The fraction of sp³-hybridized carbons (Fsp3) is 0.522. The van der Waals surface area contributed by atoms with Crippen LogP contribution in [0.2, 0.25) is 0 Å².